The van der Waals surface area contributed by atoms with Crippen LogP contribution in [0.25, 0.3) is 11.1 Å². The Labute approximate surface area is 344 Å². The van der Waals surface area contributed by atoms with Crippen LogP contribution in [-0.4, -0.2) is 81.0 Å². The number of benzene rings is 4. The maximum atomic E-state index is 14.4. The first-order valence-corrected chi connectivity index (χ1v) is 19.9. The van der Waals surface area contributed by atoms with E-state index in [4.69, 9.17) is 0 Å². The molecule has 0 fully saturated rings. The Bertz CT molecular complexity index is 2230. The van der Waals surface area contributed by atoms with E-state index in [0.717, 1.165) is 11.1 Å². The van der Waals surface area contributed by atoms with Crippen LogP contribution in [0.1, 0.15) is 28.0 Å². The summed E-state index contributed by atoms with van der Waals surface area (Å²) in [6, 6.07) is 31.5. The Morgan fingerprint density at radius 1 is 0.559 bits per heavy atom. The van der Waals surface area contributed by atoms with Gasteiger partial charge in [-0.05, 0) is 64.2 Å². The number of fused-ring (bicyclic) bond motifs is 18. The largest absolute Gasteiger partial charge is 0.481 e. The van der Waals surface area contributed by atoms with Crippen LogP contribution in [-0.2, 0) is 54.5 Å². The quantitative estimate of drug-likeness (QED) is 0.114. The fourth-order valence-corrected chi connectivity index (χ4v) is 7.54. The fraction of sp³-hybridized carbons (Fsp3) is 0.244. The predicted octanol–water partition coefficient (Wildman–Crippen LogP) is 3.47. The van der Waals surface area contributed by atoms with Crippen LogP contribution in [0.3, 0.4) is 0 Å². The second-order valence-corrected chi connectivity index (χ2v) is 15.4. The van der Waals surface area contributed by atoms with Gasteiger partial charge in [0.15, 0.2) is 18.0 Å². The van der Waals surface area contributed by atoms with Gasteiger partial charge in [-0.3, -0.25) is 28.8 Å². The number of Topliss-reactive ketones (excluding diaryl/α,β-unsaturated/α-hetero) is 1. The molecule has 13 nitrogen and oxygen atoms in total. The molecule has 7 N–H and O–H groups in total. The molecule has 14 heteroatoms. The minimum atomic E-state index is -2.29. The lowest BCUT2D eigenvalue weighted by Gasteiger charge is -2.26. The van der Waals surface area contributed by atoms with E-state index in [9.17, 15) is 44.1 Å². The number of nitrogens with one attached hydrogen (secondary N) is 4. The van der Waals surface area contributed by atoms with E-state index < -0.39 is 78.1 Å². The van der Waals surface area contributed by atoms with Crippen LogP contribution in [0, 0.1) is 5.92 Å². The van der Waals surface area contributed by atoms with Crippen molar-refractivity contribution in [1.82, 2.24) is 16.0 Å². The number of ketones is 1. The number of carbonyl (C=O) groups excluding carboxylic acids is 5. The number of anilines is 1. The zero-order valence-corrected chi connectivity index (χ0v) is 32.6. The van der Waals surface area contributed by atoms with Gasteiger partial charge < -0.3 is 36.6 Å². The molecule has 2 aliphatic rings. The number of rotatable bonds is 8. The first-order valence-electron chi connectivity index (χ1n) is 19.1. The van der Waals surface area contributed by atoms with Crippen LogP contribution < -0.4 is 21.3 Å². The van der Waals surface area contributed by atoms with Crippen LogP contribution in [0.4, 0.5) is 5.69 Å². The summed E-state index contributed by atoms with van der Waals surface area (Å²) in [5, 5.41) is 43.9. The number of aliphatic hydroxyl groups is 2. The van der Waals surface area contributed by atoms with Crippen molar-refractivity contribution in [2.75, 3.05) is 5.32 Å². The highest BCUT2D eigenvalue weighted by Gasteiger charge is 2.36. The van der Waals surface area contributed by atoms with E-state index in [0.29, 0.717) is 21.6 Å². The van der Waals surface area contributed by atoms with Gasteiger partial charge >= 0.3 is 5.97 Å². The van der Waals surface area contributed by atoms with Gasteiger partial charge in [0.1, 0.15) is 12.1 Å². The van der Waals surface area contributed by atoms with E-state index in [1.807, 2.05) is 54.6 Å². The summed E-state index contributed by atoms with van der Waals surface area (Å²) >= 11 is 1.30. The zero-order chi connectivity index (χ0) is 41.9. The molecular formula is C45H44N4O9S. The minimum Gasteiger partial charge on any atom is -0.481 e. The first-order chi connectivity index (χ1) is 28.4. The predicted molar refractivity (Wildman–Crippen MR) is 221 cm³/mol. The molecule has 0 unspecified atom stereocenters. The molecule has 0 saturated carbocycles. The minimum absolute atomic E-state index is 0.0376. The lowest BCUT2D eigenvalue weighted by atomic mass is 9.90. The molecule has 1 aromatic heterocycles. The molecule has 4 aromatic carbocycles. The SMILES string of the molecule is O=C(O)[C@H]1CC(=O)[C@@H](Cc2ccccc2)NC(=O)[C@@H](Cc2ccc(-c3ccccc3)cc2)NC(=O)[C@H](Cc2cccs2)NC(=O)[C@H](O)[C@@H](O)C(=O)Nc2ccc(cc2)C1. The maximum absolute atomic E-state index is 14.4. The number of carboxylic acids is 1. The maximum Gasteiger partial charge on any atom is 0.307 e. The fourth-order valence-electron chi connectivity index (χ4n) is 6.79. The van der Waals surface area contributed by atoms with Gasteiger partial charge in [0.25, 0.3) is 11.8 Å². The third kappa shape index (κ3) is 11.6. The Balaban J connectivity index is 1.37. The standard InChI is InChI=1S/C45H44N4O9S/c50-38-25-32(45(57)58)22-28-15-19-33(20-16-28)46-43(55)39(51)40(52)44(56)49-37(26-34-12-7-21-59-34)42(54)48-36(41(53)47-35(38)23-27-8-3-1-4-9-27)24-29-13-17-31(18-14-29)30-10-5-2-6-11-30/h1-21,32,35-37,39-40,51-52H,22-26H2,(H,46,55)(H,47,53)(H,48,54)(H,49,56)(H,57,58)/t32-,35-,36-,37+,39-,40-/m1/s1. The smallest absolute Gasteiger partial charge is 0.307 e. The number of aliphatic carboxylic acids is 1. The second-order valence-electron chi connectivity index (χ2n) is 14.4. The number of thiophene rings is 1. The summed E-state index contributed by atoms with van der Waals surface area (Å²) in [4.78, 5) is 82.2. The lowest BCUT2D eigenvalue weighted by Crippen LogP contribution is -2.58. The molecule has 0 aliphatic carbocycles. The number of carboxylic acid groups (broad SMARTS) is 1. The van der Waals surface area contributed by atoms with Crippen LogP contribution >= 0.6 is 11.3 Å². The van der Waals surface area contributed by atoms with Gasteiger partial charge in [0.2, 0.25) is 11.8 Å². The lowest BCUT2D eigenvalue weighted by molar-refractivity contribution is -0.145. The Morgan fingerprint density at radius 3 is 1.73 bits per heavy atom. The summed E-state index contributed by atoms with van der Waals surface area (Å²) < 4.78 is 0. The molecule has 0 radical (unpaired) electrons. The van der Waals surface area contributed by atoms with Gasteiger partial charge in [0.05, 0.1) is 12.0 Å². The third-order valence-corrected chi connectivity index (χ3v) is 11.0. The molecule has 2 bridgehead atoms. The number of hydrogen-bond donors (Lipinski definition) is 7. The van der Waals surface area contributed by atoms with Gasteiger partial charge in [-0.2, -0.15) is 0 Å². The van der Waals surface area contributed by atoms with Crippen molar-refractivity contribution in [2.45, 2.75) is 62.4 Å². The molecule has 4 amide bonds. The van der Waals surface area contributed by atoms with Crippen molar-refractivity contribution in [3.63, 3.8) is 0 Å². The summed E-state index contributed by atoms with van der Waals surface area (Å²) in [5.74, 6) is -6.82. The van der Waals surface area contributed by atoms with E-state index >= 15 is 0 Å². The Hall–Kier alpha value is -6.48. The van der Waals surface area contributed by atoms with Crippen LogP contribution in [0.5, 0.6) is 0 Å². The Morgan fingerprint density at radius 2 is 1.10 bits per heavy atom. The van der Waals surface area contributed by atoms with Gasteiger partial charge in [-0.25, -0.2) is 0 Å². The average molecular weight is 817 g/mol. The zero-order valence-electron chi connectivity index (χ0n) is 31.8. The van der Waals surface area contributed by atoms with Crippen molar-refractivity contribution in [3.05, 3.63) is 148 Å². The molecule has 5 aromatic rings. The van der Waals surface area contributed by atoms with Crippen molar-refractivity contribution in [3.8, 4) is 11.1 Å². The van der Waals surface area contributed by atoms with E-state index in [2.05, 4.69) is 21.3 Å². The second kappa shape index (κ2) is 19.8. The van der Waals surface area contributed by atoms with Crippen molar-refractivity contribution >= 4 is 52.4 Å². The summed E-state index contributed by atoms with van der Waals surface area (Å²) in [7, 11) is 0. The van der Waals surface area contributed by atoms with E-state index in [1.165, 1.54) is 23.5 Å². The molecule has 304 valence electrons. The Kier molecular flexibility index (Phi) is 14.1. The van der Waals surface area contributed by atoms with Crippen LogP contribution in [0.2, 0.25) is 0 Å². The third-order valence-electron chi connectivity index (χ3n) is 10.1. The molecular weight excluding hydrogens is 773 g/mol. The van der Waals surface area contributed by atoms with E-state index in [-0.39, 0.29) is 31.4 Å². The molecule has 0 spiro atoms. The molecule has 2 aliphatic heterocycles. The molecule has 59 heavy (non-hydrogen) atoms. The molecule has 7 rings (SSSR count). The van der Waals surface area contributed by atoms with E-state index in [1.54, 1.807) is 60.0 Å². The van der Waals surface area contributed by atoms with Gasteiger partial charge in [-0.1, -0.05) is 103 Å². The highest BCUT2D eigenvalue weighted by molar-refractivity contribution is 7.09. The van der Waals surface area contributed by atoms with Crippen molar-refractivity contribution < 1.29 is 44.1 Å². The normalized spacial score (nSPS) is 22.3. The topological polar surface area (TPSA) is 211 Å². The summed E-state index contributed by atoms with van der Waals surface area (Å²) in [6.45, 7) is 0. The molecule has 3 heterocycles. The van der Waals surface area contributed by atoms with Crippen LogP contribution in [0.15, 0.2) is 127 Å². The van der Waals surface area contributed by atoms with Gasteiger partial charge in [0, 0.05) is 29.8 Å². The van der Waals surface area contributed by atoms with Crippen molar-refractivity contribution in [1.29, 1.82) is 0 Å². The number of hydrogen-bond acceptors (Lipinski definition) is 9. The summed E-state index contributed by atoms with van der Waals surface area (Å²) in [5.41, 5.74) is 3.95. The molecule has 0 saturated heterocycles. The number of amides is 4. The number of aliphatic hydroxyl groups excluding tert-OH is 2. The highest BCUT2D eigenvalue weighted by atomic mass is 32.1. The first kappa shape index (κ1) is 42.1. The van der Waals surface area contributed by atoms with Crippen molar-refractivity contribution in [2.24, 2.45) is 5.92 Å². The molecule has 6 atom stereocenters. The number of carbonyl (C=O) groups is 6. The van der Waals surface area contributed by atoms with Gasteiger partial charge in [-0.15, -0.1) is 11.3 Å². The average Bonchev–Trinajstić information content (AvgIpc) is 3.76. The monoisotopic (exact) mass is 816 g/mol. The summed E-state index contributed by atoms with van der Waals surface area (Å²) in [6.07, 6.45) is -5.10. The highest BCUT2D eigenvalue weighted by Crippen LogP contribution is 2.22.